The second-order valence-electron chi connectivity index (χ2n) is 5.79. The lowest BCUT2D eigenvalue weighted by Crippen LogP contribution is -2.15. The molecule has 29 heavy (non-hydrogen) atoms. The van der Waals surface area contributed by atoms with Crippen LogP contribution in [-0.4, -0.2) is 25.7 Å². The van der Waals surface area contributed by atoms with Gasteiger partial charge in [-0.15, -0.1) is 10.2 Å². The van der Waals surface area contributed by atoms with E-state index in [0.29, 0.717) is 23.2 Å². The molecule has 3 rings (SSSR count). The van der Waals surface area contributed by atoms with E-state index < -0.39 is 32.5 Å². The predicted octanol–water partition coefficient (Wildman–Crippen LogP) is 4.11. The third-order valence-corrected chi connectivity index (χ3v) is 5.19. The summed E-state index contributed by atoms with van der Waals surface area (Å²) in [4.78, 5) is -0.721. The maximum Gasteiger partial charge on any atom is 0.419 e. The van der Waals surface area contributed by atoms with Gasteiger partial charge in [-0.25, -0.2) is 12.8 Å². The quantitative estimate of drug-likeness (QED) is 0.620. The molecule has 0 unspecified atom stereocenters. The maximum absolute atomic E-state index is 13.4. The minimum atomic E-state index is -5.03. The fourth-order valence-corrected chi connectivity index (χ4v) is 3.50. The SMILES string of the molecule is COc1ccc(-c2cccc(NS(=O)(=O)c3ccc(F)c(C(F)(F)F)c3)c2)nn1. The second-order valence-corrected chi connectivity index (χ2v) is 7.47. The molecule has 2 aromatic carbocycles. The van der Waals surface area contributed by atoms with Gasteiger partial charge in [0.25, 0.3) is 10.0 Å². The highest BCUT2D eigenvalue weighted by Crippen LogP contribution is 2.33. The minimum absolute atomic E-state index is 0.0815. The van der Waals surface area contributed by atoms with E-state index in [0.717, 1.165) is 6.07 Å². The number of halogens is 4. The Balaban J connectivity index is 1.91. The topological polar surface area (TPSA) is 81.2 Å². The molecule has 0 atom stereocenters. The molecule has 1 aromatic heterocycles. The van der Waals surface area contributed by atoms with Crippen LogP contribution in [0, 0.1) is 5.82 Å². The Morgan fingerprint density at radius 2 is 1.76 bits per heavy atom. The summed E-state index contributed by atoms with van der Waals surface area (Å²) >= 11 is 0. The number of methoxy groups -OCH3 is 1. The molecule has 0 saturated heterocycles. The monoisotopic (exact) mass is 427 g/mol. The van der Waals surface area contributed by atoms with Crippen molar-refractivity contribution in [3.63, 3.8) is 0 Å². The first-order valence-corrected chi connectivity index (χ1v) is 9.46. The van der Waals surface area contributed by atoms with Crippen molar-refractivity contribution in [3.05, 3.63) is 66.0 Å². The Bertz CT molecular complexity index is 1130. The summed E-state index contributed by atoms with van der Waals surface area (Å²) in [6.07, 6.45) is -5.03. The van der Waals surface area contributed by atoms with Gasteiger partial charge in [0.2, 0.25) is 5.88 Å². The van der Waals surface area contributed by atoms with Gasteiger partial charge < -0.3 is 4.74 Å². The highest BCUT2D eigenvalue weighted by atomic mass is 32.2. The number of sulfonamides is 1. The van der Waals surface area contributed by atoms with Crippen molar-refractivity contribution in [2.75, 3.05) is 11.8 Å². The lowest BCUT2D eigenvalue weighted by Gasteiger charge is -2.12. The van der Waals surface area contributed by atoms with Crippen molar-refractivity contribution in [3.8, 4) is 17.1 Å². The number of ether oxygens (including phenoxy) is 1. The average Bonchev–Trinajstić information content (AvgIpc) is 2.67. The summed E-state index contributed by atoms with van der Waals surface area (Å²) in [7, 11) is -2.97. The van der Waals surface area contributed by atoms with Gasteiger partial charge in [0, 0.05) is 17.3 Å². The van der Waals surface area contributed by atoms with Gasteiger partial charge in [-0.2, -0.15) is 13.2 Å². The van der Waals surface area contributed by atoms with E-state index >= 15 is 0 Å². The molecular formula is C18H13F4N3O3S. The molecule has 0 spiro atoms. The van der Waals surface area contributed by atoms with Crippen molar-refractivity contribution >= 4 is 15.7 Å². The first-order valence-electron chi connectivity index (χ1n) is 7.98. The first kappa shape index (κ1) is 20.5. The number of anilines is 1. The molecule has 0 aliphatic rings. The van der Waals surface area contributed by atoms with Gasteiger partial charge in [-0.05, 0) is 36.4 Å². The van der Waals surface area contributed by atoms with Crippen LogP contribution in [0.5, 0.6) is 5.88 Å². The van der Waals surface area contributed by atoms with Gasteiger partial charge in [0.05, 0.1) is 23.3 Å². The number of alkyl halides is 3. The van der Waals surface area contributed by atoms with E-state index in [1.165, 1.54) is 25.3 Å². The van der Waals surface area contributed by atoms with E-state index in [1.54, 1.807) is 18.2 Å². The zero-order valence-corrected chi connectivity index (χ0v) is 15.6. The Morgan fingerprint density at radius 3 is 2.38 bits per heavy atom. The van der Waals surface area contributed by atoms with E-state index in [1.807, 2.05) is 0 Å². The third kappa shape index (κ3) is 4.62. The molecule has 1 heterocycles. The summed E-state index contributed by atoms with van der Waals surface area (Å²) < 4.78 is 84.0. The van der Waals surface area contributed by atoms with Gasteiger partial charge in [-0.1, -0.05) is 12.1 Å². The highest BCUT2D eigenvalue weighted by molar-refractivity contribution is 7.92. The standard InChI is InChI=1S/C18H13F4N3O3S/c1-28-17-8-7-16(23-24-17)11-3-2-4-12(9-11)25-29(26,27)13-5-6-15(19)14(10-13)18(20,21)22/h2-10,25H,1H3. The predicted molar refractivity (Wildman–Crippen MR) is 96.2 cm³/mol. The smallest absolute Gasteiger partial charge is 0.419 e. The molecule has 0 saturated carbocycles. The van der Waals surface area contributed by atoms with E-state index in [4.69, 9.17) is 4.74 Å². The minimum Gasteiger partial charge on any atom is -0.480 e. The average molecular weight is 427 g/mol. The summed E-state index contributed by atoms with van der Waals surface area (Å²) in [6, 6.07) is 10.7. The van der Waals surface area contributed by atoms with Crippen LogP contribution in [0.4, 0.5) is 23.2 Å². The Hall–Kier alpha value is -3.21. The number of hydrogen-bond acceptors (Lipinski definition) is 5. The molecule has 6 nitrogen and oxygen atoms in total. The largest absolute Gasteiger partial charge is 0.480 e. The zero-order valence-electron chi connectivity index (χ0n) is 14.7. The number of rotatable bonds is 5. The zero-order chi connectivity index (χ0) is 21.2. The summed E-state index contributed by atoms with van der Waals surface area (Å²) in [5, 5.41) is 7.76. The molecular weight excluding hydrogens is 414 g/mol. The lowest BCUT2D eigenvalue weighted by atomic mass is 10.1. The molecule has 11 heteroatoms. The van der Waals surface area contributed by atoms with Crippen molar-refractivity contribution in [1.82, 2.24) is 10.2 Å². The maximum atomic E-state index is 13.4. The van der Waals surface area contributed by atoms with Crippen molar-refractivity contribution in [1.29, 1.82) is 0 Å². The van der Waals surface area contributed by atoms with Crippen LogP contribution >= 0.6 is 0 Å². The fourth-order valence-electron chi connectivity index (χ4n) is 2.43. The summed E-state index contributed by atoms with van der Waals surface area (Å²) in [5.74, 6) is -1.26. The van der Waals surface area contributed by atoms with Crippen LogP contribution < -0.4 is 9.46 Å². The molecule has 0 bridgehead atoms. The van der Waals surface area contributed by atoms with E-state index in [9.17, 15) is 26.0 Å². The summed E-state index contributed by atoms with van der Waals surface area (Å²) in [6.45, 7) is 0. The fraction of sp³-hybridized carbons (Fsp3) is 0.111. The number of nitrogens with one attached hydrogen (secondary N) is 1. The molecule has 3 aromatic rings. The summed E-state index contributed by atoms with van der Waals surface area (Å²) in [5.41, 5.74) is -0.649. The molecule has 1 N–H and O–H groups in total. The van der Waals surface area contributed by atoms with Crippen LogP contribution in [0.25, 0.3) is 11.3 Å². The molecule has 0 fully saturated rings. The Kier molecular flexibility index (Phi) is 5.42. The van der Waals surface area contributed by atoms with Crippen molar-refractivity contribution < 1.29 is 30.7 Å². The number of hydrogen-bond donors (Lipinski definition) is 1. The van der Waals surface area contributed by atoms with Gasteiger partial charge >= 0.3 is 6.18 Å². The number of aromatic nitrogens is 2. The third-order valence-electron chi connectivity index (χ3n) is 3.81. The first-order chi connectivity index (χ1) is 13.6. The number of nitrogens with zero attached hydrogens (tertiary/aromatic N) is 2. The molecule has 0 aliphatic heterocycles. The van der Waals surface area contributed by atoms with Gasteiger partial charge in [0.1, 0.15) is 5.82 Å². The normalized spacial score (nSPS) is 11.9. The van der Waals surface area contributed by atoms with Crippen LogP contribution in [0.3, 0.4) is 0 Å². The van der Waals surface area contributed by atoms with Crippen LogP contribution in [-0.2, 0) is 16.2 Å². The van der Waals surface area contributed by atoms with Gasteiger partial charge in [0.15, 0.2) is 0 Å². The van der Waals surface area contributed by atoms with Crippen LogP contribution in [0.15, 0.2) is 59.5 Å². The van der Waals surface area contributed by atoms with Crippen molar-refractivity contribution in [2.24, 2.45) is 0 Å². The van der Waals surface area contributed by atoms with Gasteiger partial charge in [-0.3, -0.25) is 4.72 Å². The van der Waals surface area contributed by atoms with Crippen LogP contribution in [0.2, 0.25) is 0 Å². The second kappa shape index (κ2) is 7.66. The van der Waals surface area contributed by atoms with Crippen molar-refractivity contribution in [2.45, 2.75) is 11.1 Å². The van der Waals surface area contributed by atoms with E-state index in [-0.39, 0.29) is 11.8 Å². The Labute approximate surface area is 163 Å². The Morgan fingerprint density at radius 1 is 1.00 bits per heavy atom. The van der Waals surface area contributed by atoms with E-state index in [2.05, 4.69) is 14.9 Å². The molecule has 0 aliphatic carbocycles. The molecule has 0 radical (unpaired) electrons. The molecule has 152 valence electrons. The lowest BCUT2D eigenvalue weighted by molar-refractivity contribution is -0.140. The highest BCUT2D eigenvalue weighted by Gasteiger charge is 2.35. The van der Waals surface area contributed by atoms with Crippen LogP contribution in [0.1, 0.15) is 5.56 Å². The number of benzene rings is 2. The molecule has 0 amide bonds.